The molecule has 1 aromatic rings. The van der Waals surface area contributed by atoms with Crippen LogP contribution in [0.5, 0.6) is 0 Å². The van der Waals surface area contributed by atoms with Gasteiger partial charge in [-0.15, -0.1) is 11.3 Å². The van der Waals surface area contributed by atoms with E-state index in [9.17, 15) is 18.0 Å². The quantitative estimate of drug-likeness (QED) is 0.687. The number of ether oxygens (including phenoxy) is 1. The summed E-state index contributed by atoms with van der Waals surface area (Å²) >= 11 is 0.314. The number of carbonyl (C=O) groups is 1. The first-order valence-electron chi connectivity index (χ1n) is 5.00. The summed E-state index contributed by atoms with van der Waals surface area (Å²) in [4.78, 5) is 14.0. The number of aliphatic imine (C=N–C) groups is 1. The summed E-state index contributed by atoms with van der Waals surface area (Å²) in [5.41, 5.74) is 5.01. The van der Waals surface area contributed by atoms with Crippen LogP contribution in [0.4, 0.5) is 13.2 Å². The monoisotopic (exact) mass is 292 g/mol. The number of halogens is 3. The molecule has 0 atom stereocenters. The predicted octanol–water partition coefficient (Wildman–Crippen LogP) is 2.44. The third-order valence-electron chi connectivity index (χ3n) is 2.15. The smallest absolute Gasteiger partial charge is 0.426 e. The molecule has 0 aromatic carbocycles. The van der Waals surface area contributed by atoms with Gasteiger partial charge in [0.2, 0.25) is 0 Å². The topological polar surface area (TPSA) is 64.7 Å². The van der Waals surface area contributed by atoms with Gasteiger partial charge >= 0.3 is 12.1 Å². The molecule has 0 saturated heterocycles. The molecule has 1 heterocycles. The number of carbonyl (C=O) groups excluding carboxylic acids is 1. The Balaban J connectivity index is 3.44. The van der Waals surface area contributed by atoms with E-state index in [0.29, 0.717) is 11.3 Å². The van der Waals surface area contributed by atoms with E-state index in [1.165, 1.54) is 13.1 Å². The van der Waals surface area contributed by atoms with Gasteiger partial charge in [-0.25, -0.2) is 4.79 Å². The Morgan fingerprint density at radius 2 is 2.16 bits per heavy atom. The van der Waals surface area contributed by atoms with Gasteiger partial charge in [-0.05, 0) is 18.3 Å². The normalized spacial score (nSPS) is 13.0. The maximum atomic E-state index is 12.9. The molecule has 0 aliphatic carbocycles. The molecule has 0 spiro atoms. The van der Waals surface area contributed by atoms with Crippen LogP contribution in [0.15, 0.2) is 23.3 Å². The van der Waals surface area contributed by atoms with Crippen LogP contribution in [-0.2, 0) is 10.9 Å². The third-order valence-corrected chi connectivity index (χ3v) is 3.31. The van der Waals surface area contributed by atoms with Crippen molar-refractivity contribution in [1.29, 1.82) is 0 Å². The number of rotatable bonds is 3. The number of esters is 1. The first-order chi connectivity index (χ1) is 8.85. The zero-order valence-electron chi connectivity index (χ0n) is 10.1. The van der Waals surface area contributed by atoms with Gasteiger partial charge in [0.15, 0.2) is 0 Å². The second-order valence-electron chi connectivity index (χ2n) is 3.31. The van der Waals surface area contributed by atoms with Crippen molar-refractivity contribution < 1.29 is 22.7 Å². The Hall–Kier alpha value is -1.83. The lowest BCUT2D eigenvalue weighted by Crippen LogP contribution is -2.09. The van der Waals surface area contributed by atoms with Crippen LogP contribution in [0, 0.1) is 0 Å². The van der Waals surface area contributed by atoms with Crippen molar-refractivity contribution in [2.45, 2.75) is 6.18 Å². The van der Waals surface area contributed by atoms with Crippen LogP contribution < -0.4 is 5.73 Å². The molecule has 0 aliphatic rings. The number of hydrogen-bond donors (Lipinski definition) is 1. The van der Waals surface area contributed by atoms with Crippen LogP contribution >= 0.6 is 11.3 Å². The zero-order chi connectivity index (χ0) is 14.6. The van der Waals surface area contributed by atoms with Crippen molar-refractivity contribution >= 4 is 23.0 Å². The molecule has 1 rings (SSSR count). The molecular weight excluding hydrogens is 281 g/mol. The number of hydrogen-bond acceptors (Lipinski definition) is 5. The first-order valence-corrected chi connectivity index (χ1v) is 5.81. The summed E-state index contributed by atoms with van der Waals surface area (Å²) in [5.74, 6) is -0.825. The summed E-state index contributed by atoms with van der Waals surface area (Å²) in [6, 6.07) is 1.10. The average Bonchev–Trinajstić information content (AvgIpc) is 2.79. The molecular formula is C11H11F3N2O2S. The van der Waals surface area contributed by atoms with E-state index in [0.717, 1.165) is 19.4 Å². The molecule has 0 radical (unpaired) electrons. The van der Waals surface area contributed by atoms with Crippen LogP contribution in [0.1, 0.15) is 20.1 Å². The van der Waals surface area contributed by atoms with E-state index < -0.39 is 17.0 Å². The lowest BCUT2D eigenvalue weighted by molar-refractivity contribution is -0.134. The van der Waals surface area contributed by atoms with Crippen molar-refractivity contribution in [3.05, 3.63) is 33.7 Å². The van der Waals surface area contributed by atoms with E-state index in [2.05, 4.69) is 9.73 Å². The fourth-order valence-electron chi connectivity index (χ4n) is 1.37. The standard InChI is InChI=1S/C11H11F3N2O2S/c1-16-7(3-4-15)6-5-8(10(17)18-2)19-9(6)11(12,13)14/h3-5H,15H2,1-2H3. The molecule has 0 bridgehead atoms. The number of alkyl halides is 3. The summed E-state index contributed by atoms with van der Waals surface area (Å²) in [5, 5.41) is 0. The molecule has 0 aliphatic heterocycles. The maximum Gasteiger partial charge on any atom is 0.426 e. The Labute approximate surface area is 111 Å². The highest BCUT2D eigenvalue weighted by molar-refractivity contribution is 7.14. The number of nitrogens with two attached hydrogens (primary N) is 1. The van der Waals surface area contributed by atoms with Crippen LogP contribution in [0.3, 0.4) is 0 Å². The highest BCUT2D eigenvalue weighted by Crippen LogP contribution is 2.38. The van der Waals surface area contributed by atoms with Crippen molar-refractivity contribution in [3.63, 3.8) is 0 Å². The first kappa shape index (κ1) is 15.2. The summed E-state index contributed by atoms with van der Waals surface area (Å²) in [7, 11) is 2.44. The van der Waals surface area contributed by atoms with Crippen LogP contribution in [-0.4, -0.2) is 25.8 Å². The minimum absolute atomic E-state index is 0.0428. The van der Waals surface area contributed by atoms with Crippen molar-refractivity contribution in [3.8, 4) is 0 Å². The molecule has 19 heavy (non-hydrogen) atoms. The highest BCUT2D eigenvalue weighted by atomic mass is 32.1. The summed E-state index contributed by atoms with van der Waals surface area (Å²) < 4.78 is 43.2. The number of nitrogens with zero attached hydrogens (tertiary/aromatic N) is 1. The SMILES string of the molecule is CN=C(C=CN)c1cc(C(=O)OC)sc1C(F)(F)F. The van der Waals surface area contributed by atoms with Gasteiger partial charge < -0.3 is 10.5 Å². The van der Waals surface area contributed by atoms with Gasteiger partial charge in [-0.1, -0.05) is 0 Å². The number of thiophene rings is 1. The molecule has 8 heteroatoms. The van der Waals surface area contributed by atoms with E-state index >= 15 is 0 Å². The molecule has 1 aromatic heterocycles. The Kier molecular flexibility index (Phi) is 4.71. The minimum Gasteiger partial charge on any atom is -0.465 e. The second kappa shape index (κ2) is 5.87. The van der Waals surface area contributed by atoms with E-state index in [1.807, 2.05) is 0 Å². The minimum atomic E-state index is -4.58. The molecule has 2 N–H and O–H groups in total. The molecule has 0 fully saturated rings. The Bertz CT molecular complexity index is 533. The molecule has 4 nitrogen and oxygen atoms in total. The van der Waals surface area contributed by atoms with Gasteiger partial charge in [0.25, 0.3) is 0 Å². The molecule has 0 unspecified atom stereocenters. The molecule has 0 saturated carbocycles. The molecule has 0 amide bonds. The lowest BCUT2D eigenvalue weighted by Gasteiger charge is -2.06. The van der Waals surface area contributed by atoms with Gasteiger partial charge in [0.05, 0.1) is 12.8 Å². The van der Waals surface area contributed by atoms with E-state index in [4.69, 9.17) is 5.73 Å². The maximum absolute atomic E-state index is 12.9. The second-order valence-corrected chi connectivity index (χ2v) is 4.36. The van der Waals surface area contributed by atoms with E-state index in [1.54, 1.807) is 0 Å². The van der Waals surface area contributed by atoms with Crippen LogP contribution in [0.25, 0.3) is 0 Å². The molecule has 104 valence electrons. The third kappa shape index (κ3) is 3.34. The van der Waals surface area contributed by atoms with Crippen LogP contribution in [0.2, 0.25) is 0 Å². The zero-order valence-corrected chi connectivity index (χ0v) is 10.9. The highest BCUT2D eigenvalue weighted by Gasteiger charge is 2.37. The van der Waals surface area contributed by atoms with Gasteiger partial charge in [0, 0.05) is 12.6 Å². The van der Waals surface area contributed by atoms with Crippen molar-refractivity contribution in [2.24, 2.45) is 10.7 Å². The average molecular weight is 292 g/mol. The van der Waals surface area contributed by atoms with Crippen molar-refractivity contribution in [1.82, 2.24) is 0 Å². The van der Waals surface area contributed by atoms with Gasteiger partial charge in [-0.3, -0.25) is 4.99 Å². The fourth-order valence-corrected chi connectivity index (χ4v) is 2.32. The Morgan fingerprint density at radius 3 is 2.58 bits per heavy atom. The summed E-state index contributed by atoms with van der Waals surface area (Å²) in [6.07, 6.45) is -2.26. The number of allylic oxidation sites excluding steroid dienone is 1. The Morgan fingerprint density at radius 1 is 1.53 bits per heavy atom. The summed E-state index contributed by atoms with van der Waals surface area (Å²) in [6.45, 7) is 0. The van der Waals surface area contributed by atoms with Gasteiger partial charge in [-0.2, -0.15) is 13.2 Å². The number of methoxy groups -OCH3 is 1. The lowest BCUT2D eigenvalue weighted by atomic mass is 10.1. The largest absolute Gasteiger partial charge is 0.465 e. The fraction of sp³-hybridized carbons (Fsp3) is 0.273. The predicted molar refractivity (Wildman–Crippen MR) is 66.4 cm³/mol. The van der Waals surface area contributed by atoms with Crippen molar-refractivity contribution in [2.75, 3.05) is 14.2 Å². The van der Waals surface area contributed by atoms with Gasteiger partial charge in [0.1, 0.15) is 9.75 Å². The van der Waals surface area contributed by atoms with E-state index in [-0.39, 0.29) is 16.2 Å².